The van der Waals surface area contributed by atoms with Crippen LogP contribution < -0.4 is 10.6 Å². The molecule has 3 rings (SSSR count). The molecular weight excluding hydrogens is 263 g/mol. The molecule has 0 bridgehead atoms. The molecule has 1 aromatic carbocycles. The highest BCUT2D eigenvalue weighted by Crippen LogP contribution is 2.35. The van der Waals surface area contributed by atoms with Gasteiger partial charge in [-0.2, -0.15) is 0 Å². The molecule has 1 aromatic rings. The van der Waals surface area contributed by atoms with Gasteiger partial charge in [-0.25, -0.2) is 9.18 Å². The quantitative estimate of drug-likeness (QED) is 0.809. The van der Waals surface area contributed by atoms with E-state index in [4.69, 9.17) is 15.6 Å². The fourth-order valence-electron chi connectivity index (χ4n) is 3.21. The van der Waals surface area contributed by atoms with Crippen LogP contribution in [0.3, 0.4) is 0 Å². The number of hydrogen-bond acceptors (Lipinski definition) is 4. The van der Waals surface area contributed by atoms with Crippen molar-refractivity contribution in [3.63, 3.8) is 0 Å². The van der Waals surface area contributed by atoms with Gasteiger partial charge in [0.15, 0.2) is 0 Å². The summed E-state index contributed by atoms with van der Waals surface area (Å²) in [5.74, 6) is -1.61. The first-order chi connectivity index (χ1) is 9.58. The van der Waals surface area contributed by atoms with Gasteiger partial charge in [-0.15, -0.1) is 0 Å². The van der Waals surface area contributed by atoms with Crippen LogP contribution in [0.4, 0.5) is 15.8 Å². The summed E-state index contributed by atoms with van der Waals surface area (Å²) in [7, 11) is 0. The lowest BCUT2D eigenvalue weighted by molar-refractivity contribution is 0.0254. The lowest BCUT2D eigenvalue weighted by Crippen LogP contribution is -2.49. The number of carboxylic acid groups (broad SMARTS) is 1. The first kappa shape index (κ1) is 13.2. The molecule has 1 saturated carbocycles. The minimum absolute atomic E-state index is 0.0463. The number of anilines is 2. The number of nitrogen functional groups attached to an aromatic ring is 1. The van der Waals surface area contributed by atoms with Crippen LogP contribution >= 0.6 is 0 Å². The lowest BCUT2D eigenvalue weighted by Gasteiger charge is -2.39. The van der Waals surface area contributed by atoms with Crippen molar-refractivity contribution in [1.82, 2.24) is 0 Å². The van der Waals surface area contributed by atoms with Gasteiger partial charge in [0.2, 0.25) is 0 Å². The lowest BCUT2D eigenvalue weighted by atomic mass is 10.1. The Bertz CT molecular complexity index is 549. The standard InChI is InChI=1S/C14H17FN2O3/c15-9-7-10(16)8(14(18)19)6-12(9)17-4-5-20-13-3-1-2-11(13)17/h6-7,11,13H,1-5,16H2,(H,18,19). The van der Waals surface area contributed by atoms with E-state index in [9.17, 15) is 9.18 Å². The van der Waals surface area contributed by atoms with Crippen LogP contribution in [0.1, 0.15) is 29.6 Å². The summed E-state index contributed by atoms with van der Waals surface area (Å²) in [6.45, 7) is 1.11. The summed E-state index contributed by atoms with van der Waals surface area (Å²) < 4.78 is 19.9. The topological polar surface area (TPSA) is 75.8 Å². The Hall–Kier alpha value is -1.82. The van der Waals surface area contributed by atoms with Gasteiger partial charge in [-0.05, 0) is 31.4 Å². The van der Waals surface area contributed by atoms with Crippen LogP contribution in [0, 0.1) is 5.82 Å². The van der Waals surface area contributed by atoms with Crippen molar-refractivity contribution < 1.29 is 19.0 Å². The molecule has 108 valence electrons. The fraction of sp³-hybridized carbons (Fsp3) is 0.500. The number of rotatable bonds is 2. The summed E-state index contributed by atoms with van der Waals surface area (Å²) in [6, 6.07) is 2.56. The van der Waals surface area contributed by atoms with Crippen molar-refractivity contribution in [2.75, 3.05) is 23.8 Å². The van der Waals surface area contributed by atoms with E-state index in [2.05, 4.69) is 0 Å². The van der Waals surface area contributed by atoms with Gasteiger partial charge in [0.05, 0.1) is 30.0 Å². The second-order valence-electron chi connectivity index (χ2n) is 5.30. The molecule has 2 atom stereocenters. The molecule has 0 spiro atoms. The molecule has 5 nitrogen and oxygen atoms in total. The maximum absolute atomic E-state index is 14.2. The number of benzene rings is 1. The van der Waals surface area contributed by atoms with E-state index >= 15 is 0 Å². The van der Waals surface area contributed by atoms with Gasteiger partial charge in [-0.3, -0.25) is 0 Å². The van der Waals surface area contributed by atoms with E-state index in [-0.39, 0.29) is 23.4 Å². The molecule has 3 N–H and O–H groups in total. The van der Waals surface area contributed by atoms with E-state index in [0.29, 0.717) is 18.8 Å². The third-order valence-electron chi connectivity index (χ3n) is 4.14. The monoisotopic (exact) mass is 280 g/mol. The van der Waals surface area contributed by atoms with E-state index in [1.54, 1.807) is 0 Å². The van der Waals surface area contributed by atoms with E-state index in [0.717, 1.165) is 25.3 Å². The van der Waals surface area contributed by atoms with E-state index < -0.39 is 11.8 Å². The normalized spacial score (nSPS) is 25.6. The highest BCUT2D eigenvalue weighted by Gasteiger charge is 2.37. The Morgan fingerprint density at radius 2 is 2.25 bits per heavy atom. The highest BCUT2D eigenvalue weighted by molar-refractivity contribution is 5.95. The predicted octanol–water partition coefficient (Wildman–Crippen LogP) is 1.86. The molecule has 1 saturated heterocycles. The maximum atomic E-state index is 14.2. The molecule has 2 unspecified atom stereocenters. The summed E-state index contributed by atoms with van der Waals surface area (Å²) in [5, 5.41) is 9.12. The average Bonchev–Trinajstić information content (AvgIpc) is 2.86. The number of fused-ring (bicyclic) bond motifs is 1. The van der Waals surface area contributed by atoms with Crippen molar-refractivity contribution in [2.24, 2.45) is 0 Å². The Kier molecular flexibility index (Phi) is 3.25. The number of hydrogen-bond donors (Lipinski definition) is 2. The summed E-state index contributed by atoms with van der Waals surface area (Å²) in [5.41, 5.74) is 5.78. The zero-order valence-electron chi connectivity index (χ0n) is 11.0. The number of halogens is 1. The molecular formula is C14H17FN2O3. The summed E-state index contributed by atoms with van der Waals surface area (Å²) in [4.78, 5) is 13.1. The largest absolute Gasteiger partial charge is 0.478 e. The number of nitrogens with zero attached hydrogens (tertiary/aromatic N) is 1. The van der Waals surface area contributed by atoms with Crippen molar-refractivity contribution in [3.8, 4) is 0 Å². The molecule has 2 fully saturated rings. The van der Waals surface area contributed by atoms with Crippen LogP contribution in [0.15, 0.2) is 12.1 Å². The zero-order chi connectivity index (χ0) is 14.3. The van der Waals surface area contributed by atoms with Crippen LogP contribution in [-0.2, 0) is 4.74 Å². The fourth-order valence-corrected chi connectivity index (χ4v) is 3.21. The first-order valence-electron chi connectivity index (χ1n) is 6.78. The van der Waals surface area contributed by atoms with E-state index in [1.807, 2.05) is 4.90 Å². The first-order valence-corrected chi connectivity index (χ1v) is 6.78. The van der Waals surface area contributed by atoms with Crippen molar-refractivity contribution in [1.29, 1.82) is 0 Å². The molecule has 20 heavy (non-hydrogen) atoms. The molecule has 0 aromatic heterocycles. The molecule has 1 aliphatic carbocycles. The van der Waals surface area contributed by atoms with E-state index in [1.165, 1.54) is 6.07 Å². The van der Waals surface area contributed by atoms with Crippen molar-refractivity contribution in [2.45, 2.75) is 31.4 Å². The number of aromatic carboxylic acids is 1. The third-order valence-corrected chi connectivity index (χ3v) is 4.14. The SMILES string of the molecule is Nc1cc(F)c(N2CCOC3CCCC32)cc1C(=O)O. The highest BCUT2D eigenvalue weighted by atomic mass is 19.1. The van der Waals surface area contributed by atoms with Gasteiger partial charge in [0, 0.05) is 12.2 Å². The maximum Gasteiger partial charge on any atom is 0.337 e. The number of ether oxygens (including phenoxy) is 1. The number of nitrogens with two attached hydrogens (primary N) is 1. The predicted molar refractivity (Wildman–Crippen MR) is 72.5 cm³/mol. The average molecular weight is 280 g/mol. The molecule has 2 aliphatic rings. The molecule has 6 heteroatoms. The minimum Gasteiger partial charge on any atom is -0.478 e. The van der Waals surface area contributed by atoms with Gasteiger partial charge < -0.3 is 20.5 Å². The van der Waals surface area contributed by atoms with Crippen molar-refractivity contribution in [3.05, 3.63) is 23.5 Å². The number of morpholine rings is 1. The van der Waals surface area contributed by atoms with Crippen molar-refractivity contribution >= 4 is 17.3 Å². The summed E-state index contributed by atoms with van der Waals surface area (Å²) in [6.07, 6.45) is 3.09. The molecule has 1 aliphatic heterocycles. The Labute approximate surface area is 116 Å². The number of carbonyl (C=O) groups is 1. The van der Waals surface area contributed by atoms with Gasteiger partial charge in [-0.1, -0.05) is 0 Å². The smallest absolute Gasteiger partial charge is 0.337 e. The third kappa shape index (κ3) is 2.10. The molecule has 1 heterocycles. The summed E-state index contributed by atoms with van der Waals surface area (Å²) >= 11 is 0. The Morgan fingerprint density at radius 1 is 1.45 bits per heavy atom. The van der Waals surface area contributed by atoms with Gasteiger partial charge in [0.25, 0.3) is 0 Å². The number of carboxylic acids is 1. The second-order valence-corrected chi connectivity index (χ2v) is 5.30. The van der Waals surface area contributed by atoms with Crippen LogP contribution in [0.2, 0.25) is 0 Å². The minimum atomic E-state index is -1.14. The molecule has 0 amide bonds. The van der Waals surface area contributed by atoms with Crippen LogP contribution in [0.5, 0.6) is 0 Å². The van der Waals surface area contributed by atoms with Crippen LogP contribution in [0.25, 0.3) is 0 Å². The Morgan fingerprint density at radius 3 is 3.00 bits per heavy atom. The second kappa shape index (κ2) is 4.94. The van der Waals surface area contributed by atoms with Gasteiger partial charge in [0.1, 0.15) is 5.82 Å². The van der Waals surface area contributed by atoms with Gasteiger partial charge >= 0.3 is 5.97 Å². The van der Waals surface area contributed by atoms with Crippen LogP contribution in [-0.4, -0.2) is 36.4 Å². The Balaban J connectivity index is 2.00. The molecule has 0 radical (unpaired) electrons. The zero-order valence-corrected chi connectivity index (χ0v) is 11.0.